The minimum Gasteiger partial charge on any atom is -0.487 e. The molecule has 0 aliphatic heterocycles. The number of hydrogen-bond donors (Lipinski definition) is 2. The quantitative estimate of drug-likeness (QED) is 0.273. The molecule has 0 aliphatic rings. The van der Waals surface area contributed by atoms with Crippen LogP contribution >= 0.6 is 0 Å². The van der Waals surface area contributed by atoms with Crippen molar-refractivity contribution in [3.05, 3.63) is 108 Å². The van der Waals surface area contributed by atoms with E-state index < -0.39 is 0 Å². The van der Waals surface area contributed by atoms with Crippen molar-refractivity contribution >= 4 is 39.5 Å². The van der Waals surface area contributed by atoms with Gasteiger partial charge in [0.05, 0.1) is 23.9 Å². The summed E-state index contributed by atoms with van der Waals surface area (Å²) in [6.07, 6.45) is 5.60. The Morgan fingerprint density at radius 2 is 1.80 bits per heavy atom. The summed E-state index contributed by atoms with van der Waals surface area (Å²) in [5.74, 6) is 0.445. The number of para-hydroxylation sites is 2. The minimum atomic E-state index is -0.353. The van der Waals surface area contributed by atoms with Crippen LogP contribution < -0.4 is 10.1 Å². The number of aromatic nitrogens is 2. The summed E-state index contributed by atoms with van der Waals surface area (Å²) in [7, 11) is 1.38. The van der Waals surface area contributed by atoms with Crippen LogP contribution in [0.5, 0.6) is 5.75 Å². The zero-order chi connectivity index (χ0) is 24.0. The fourth-order valence-electron chi connectivity index (χ4n) is 4.03. The maximum absolute atomic E-state index is 11.8. The number of ether oxygens (including phenoxy) is 2. The predicted molar refractivity (Wildman–Crippen MR) is 140 cm³/mol. The van der Waals surface area contributed by atoms with Gasteiger partial charge in [-0.05, 0) is 47.5 Å². The van der Waals surface area contributed by atoms with Crippen LogP contribution in [0.15, 0.2) is 96.8 Å². The zero-order valence-corrected chi connectivity index (χ0v) is 19.3. The highest BCUT2D eigenvalue weighted by Crippen LogP contribution is 2.31. The summed E-state index contributed by atoms with van der Waals surface area (Å²) in [4.78, 5) is 19.4. The number of methoxy groups -OCH3 is 1. The molecule has 3 aromatic carbocycles. The van der Waals surface area contributed by atoms with Gasteiger partial charge < -0.3 is 19.8 Å². The smallest absolute Gasteiger partial charge is 0.337 e. The highest BCUT2D eigenvalue weighted by Gasteiger charge is 2.10. The third kappa shape index (κ3) is 5.01. The van der Waals surface area contributed by atoms with E-state index in [1.54, 1.807) is 24.5 Å². The molecule has 0 spiro atoms. The van der Waals surface area contributed by atoms with E-state index in [1.807, 2.05) is 48.5 Å². The van der Waals surface area contributed by atoms with Crippen LogP contribution in [0, 0.1) is 0 Å². The van der Waals surface area contributed by atoms with E-state index >= 15 is 0 Å². The number of anilines is 1. The van der Waals surface area contributed by atoms with Crippen molar-refractivity contribution in [2.45, 2.75) is 0 Å². The summed E-state index contributed by atoms with van der Waals surface area (Å²) in [6, 6.07) is 25.5. The van der Waals surface area contributed by atoms with Gasteiger partial charge in [0.2, 0.25) is 0 Å². The first-order valence-corrected chi connectivity index (χ1v) is 11.4. The number of benzene rings is 3. The van der Waals surface area contributed by atoms with Crippen molar-refractivity contribution in [2.24, 2.45) is 0 Å². The first kappa shape index (κ1) is 22.2. The maximum atomic E-state index is 11.8. The van der Waals surface area contributed by atoms with Gasteiger partial charge in [0.25, 0.3) is 0 Å². The van der Waals surface area contributed by atoms with Gasteiger partial charge in [0.15, 0.2) is 0 Å². The lowest BCUT2D eigenvalue weighted by Crippen LogP contribution is -2.12. The number of aromatic amines is 1. The molecule has 0 atom stereocenters. The number of H-pyrrole nitrogens is 1. The summed E-state index contributed by atoms with van der Waals surface area (Å²) in [6.45, 7) is 0.966. The SMILES string of the molecule is COC(=O)c1ccc(/C=C(\CNc2cccnc2)COc2cccc3c2[nH]c2ccccc23)cc1. The molecule has 0 unspecified atom stereocenters. The van der Waals surface area contributed by atoms with E-state index in [1.165, 1.54) is 12.5 Å². The zero-order valence-electron chi connectivity index (χ0n) is 19.3. The number of carbonyl (C=O) groups excluding carboxylic acids is 1. The van der Waals surface area contributed by atoms with Gasteiger partial charge in [-0.1, -0.05) is 48.5 Å². The summed E-state index contributed by atoms with van der Waals surface area (Å²) < 4.78 is 11.1. The normalized spacial score (nSPS) is 11.5. The van der Waals surface area contributed by atoms with Crippen LogP contribution in [-0.2, 0) is 4.74 Å². The van der Waals surface area contributed by atoms with E-state index in [0.717, 1.165) is 39.0 Å². The number of nitrogens with one attached hydrogen (secondary N) is 2. The van der Waals surface area contributed by atoms with Crippen molar-refractivity contribution < 1.29 is 14.3 Å². The summed E-state index contributed by atoms with van der Waals surface area (Å²) >= 11 is 0. The Morgan fingerprint density at radius 3 is 2.60 bits per heavy atom. The minimum absolute atomic E-state index is 0.353. The average Bonchev–Trinajstić information content (AvgIpc) is 3.30. The van der Waals surface area contributed by atoms with E-state index in [-0.39, 0.29) is 5.97 Å². The number of pyridine rings is 1. The Kier molecular flexibility index (Phi) is 6.44. The highest BCUT2D eigenvalue weighted by atomic mass is 16.5. The second-order valence-corrected chi connectivity index (χ2v) is 8.15. The number of hydrogen-bond acceptors (Lipinski definition) is 5. The molecule has 2 aromatic heterocycles. The van der Waals surface area contributed by atoms with Crippen molar-refractivity contribution in [1.29, 1.82) is 0 Å². The maximum Gasteiger partial charge on any atom is 0.337 e. The van der Waals surface area contributed by atoms with E-state index in [0.29, 0.717) is 18.7 Å². The Bertz CT molecular complexity index is 1490. The largest absolute Gasteiger partial charge is 0.487 e. The molecule has 0 radical (unpaired) electrons. The molecule has 0 saturated carbocycles. The van der Waals surface area contributed by atoms with Crippen LogP contribution in [0.25, 0.3) is 27.9 Å². The summed E-state index contributed by atoms with van der Waals surface area (Å²) in [5, 5.41) is 5.71. The second-order valence-electron chi connectivity index (χ2n) is 8.15. The van der Waals surface area contributed by atoms with Crippen LogP contribution in [0.2, 0.25) is 0 Å². The Morgan fingerprint density at radius 1 is 0.971 bits per heavy atom. The lowest BCUT2D eigenvalue weighted by atomic mass is 10.1. The average molecular weight is 464 g/mol. The van der Waals surface area contributed by atoms with Gasteiger partial charge in [0.1, 0.15) is 12.4 Å². The second kappa shape index (κ2) is 10.1. The van der Waals surface area contributed by atoms with Crippen molar-refractivity contribution in [2.75, 3.05) is 25.6 Å². The van der Waals surface area contributed by atoms with E-state index in [4.69, 9.17) is 9.47 Å². The first-order chi connectivity index (χ1) is 17.2. The molecule has 6 nitrogen and oxygen atoms in total. The summed E-state index contributed by atoms with van der Waals surface area (Å²) in [5.41, 5.74) is 5.51. The molecule has 0 saturated heterocycles. The molecule has 35 heavy (non-hydrogen) atoms. The van der Waals surface area contributed by atoms with Gasteiger partial charge in [-0.25, -0.2) is 4.79 Å². The molecule has 174 valence electrons. The molecule has 0 aliphatic carbocycles. The van der Waals surface area contributed by atoms with Gasteiger partial charge in [-0.2, -0.15) is 0 Å². The highest BCUT2D eigenvalue weighted by molar-refractivity contribution is 6.09. The Hall–Kier alpha value is -4.58. The third-order valence-corrected chi connectivity index (χ3v) is 5.80. The van der Waals surface area contributed by atoms with Crippen LogP contribution in [-0.4, -0.2) is 36.2 Å². The van der Waals surface area contributed by atoms with E-state index in [2.05, 4.69) is 39.6 Å². The van der Waals surface area contributed by atoms with Crippen LogP contribution in [0.1, 0.15) is 15.9 Å². The van der Waals surface area contributed by atoms with Crippen molar-refractivity contribution in [3.63, 3.8) is 0 Å². The van der Waals surface area contributed by atoms with Gasteiger partial charge in [-0.15, -0.1) is 0 Å². The molecule has 5 aromatic rings. The monoisotopic (exact) mass is 463 g/mol. The number of fused-ring (bicyclic) bond motifs is 3. The Balaban J connectivity index is 1.40. The lowest BCUT2D eigenvalue weighted by Gasteiger charge is -2.13. The third-order valence-electron chi connectivity index (χ3n) is 5.80. The van der Waals surface area contributed by atoms with Crippen LogP contribution in [0.4, 0.5) is 5.69 Å². The topological polar surface area (TPSA) is 76.2 Å². The number of rotatable bonds is 8. The van der Waals surface area contributed by atoms with Gasteiger partial charge in [-0.3, -0.25) is 4.98 Å². The molecule has 0 bridgehead atoms. The molecule has 2 N–H and O–H groups in total. The molecule has 6 heteroatoms. The van der Waals surface area contributed by atoms with Gasteiger partial charge >= 0.3 is 5.97 Å². The number of esters is 1. The van der Waals surface area contributed by atoms with Crippen molar-refractivity contribution in [3.8, 4) is 5.75 Å². The molecule has 5 rings (SSSR count). The fourth-order valence-corrected chi connectivity index (χ4v) is 4.03. The predicted octanol–water partition coefficient (Wildman–Crippen LogP) is 6.08. The fraction of sp³-hybridized carbons (Fsp3) is 0.103. The van der Waals surface area contributed by atoms with E-state index in [9.17, 15) is 4.79 Å². The number of carbonyl (C=O) groups is 1. The molecule has 2 heterocycles. The molecule has 0 amide bonds. The Labute approximate surface area is 203 Å². The standard InChI is InChI=1S/C29H25N3O3/c1-34-29(33)22-13-11-20(12-14-22)16-21(17-31-23-6-5-15-30-18-23)19-35-27-10-4-8-25-24-7-2-3-9-26(24)32-28(25)27/h2-16,18,31-32H,17,19H2,1H3/b21-16+. The molecular formula is C29H25N3O3. The molecular weight excluding hydrogens is 438 g/mol. The lowest BCUT2D eigenvalue weighted by molar-refractivity contribution is 0.0600. The van der Waals surface area contributed by atoms with Gasteiger partial charge in [0, 0.05) is 35.2 Å². The van der Waals surface area contributed by atoms with Crippen molar-refractivity contribution in [1.82, 2.24) is 9.97 Å². The molecule has 0 fully saturated rings. The van der Waals surface area contributed by atoms with Crippen LogP contribution in [0.3, 0.4) is 0 Å². The number of nitrogens with zero attached hydrogens (tertiary/aromatic N) is 1. The first-order valence-electron chi connectivity index (χ1n) is 11.4.